The first-order valence-electron chi connectivity index (χ1n) is 8.79. The Morgan fingerprint density at radius 3 is 2.73 bits per heavy atom. The number of rotatable bonds is 0. The van der Waals surface area contributed by atoms with Crippen LogP contribution in [0.3, 0.4) is 0 Å². The molecule has 0 aromatic carbocycles. The highest BCUT2D eigenvalue weighted by atomic mass is 16.6. The standard InChI is InChI=1S/C20H30O2/c1-13(2)18-15-9-8-14(3)7-6-10-20(5)17(22-20)12-19(15,4)11-16(18)21/h7,15,17H,6,8-12H2,1-5H3/b14-7-/t15?,17-,19-,20?/m0/s1. The van der Waals surface area contributed by atoms with Gasteiger partial charge in [0, 0.05) is 6.42 Å². The molecule has 0 N–H and O–H groups in total. The molecular weight excluding hydrogens is 272 g/mol. The monoisotopic (exact) mass is 302 g/mol. The molecule has 0 spiro atoms. The summed E-state index contributed by atoms with van der Waals surface area (Å²) in [6.45, 7) is 11.0. The molecule has 0 aromatic heterocycles. The van der Waals surface area contributed by atoms with Crippen LogP contribution in [-0.2, 0) is 9.53 Å². The van der Waals surface area contributed by atoms with E-state index in [0.717, 1.165) is 37.7 Å². The molecule has 1 aliphatic heterocycles. The zero-order chi connectivity index (χ0) is 16.1. The molecule has 2 aliphatic carbocycles. The van der Waals surface area contributed by atoms with E-state index in [-0.39, 0.29) is 11.0 Å². The van der Waals surface area contributed by atoms with Crippen LogP contribution in [0.2, 0.25) is 0 Å². The molecule has 2 fully saturated rings. The van der Waals surface area contributed by atoms with Gasteiger partial charge in [0.15, 0.2) is 5.78 Å². The highest BCUT2D eigenvalue weighted by Gasteiger charge is 2.57. The van der Waals surface area contributed by atoms with Crippen molar-refractivity contribution in [3.8, 4) is 0 Å². The summed E-state index contributed by atoms with van der Waals surface area (Å²) in [6.07, 6.45) is 8.92. The predicted octanol–water partition coefficient (Wildman–Crippen LogP) is 4.99. The number of epoxide rings is 1. The predicted molar refractivity (Wildman–Crippen MR) is 89.7 cm³/mol. The second-order valence-corrected chi connectivity index (χ2v) is 8.47. The Labute approximate surface area is 135 Å². The Bertz CT molecular complexity index is 552. The summed E-state index contributed by atoms with van der Waals surface area (Å²) in [5.41, 5.74) is 3.94. The van der Waals surface area contributed by atoms with Crippen LogP contribution in [0.15, 0.2) is 22.8 Å². The summed E-state index contributed by atoms with van der Waals surface area (Å²) in [5, 5.41) is 0. The number of hydrogen-bond donors (Lipinski definition) is 0. The third-order valence-corrected chi connectivity index (χ3v) is 6.24. The second-order valence-electron chi connectivity index (χ2n) is 8.47. The van der Waals surface area contributed by atoms with E-state index in [0.29, 0.717) is 24.2 Å². The smallest absolute Gasteiger partial charge is 0.159 e. The minimum absolute atomic E-state index is 0.0471. The number of carbonyl (C=O) groups is 1. The number of carbonyl (C=O) groups excluding carboxylic acids is 1. The van der Waals surface area contributed by atoms with Gasteiger partial charge in [0.1, 0.15) is 0 Å². The van der Waals surface area contributed by atoms with Gasteiger partial charge in [-0.05, 0) is 76.7 Å². The maximum Gasteiger partial charge on any atom is 0.159 e. The molecule has 122 valence electrons. The fourth-order valence-corrected chi connectivity index (χ4v) is 4.73. The molecule has 0 aromatic rings. The van der Waals surface area contributed by atoms with Crippen LogP contribution in [0.1, 0.15) is 73.1 Å². The van der Waals surface area contributed by atoms with Crippen molar-refractivity contribution >= 4 is 5.78 Å². The van der Waals surface area contributed by atoms with Gasteiger partial charge in [-0.2, -0.15) is 0 Å². The van der Waals surface area contributed by atoms with Crippen molar-refractivity contribution in [1.29, 1.82) is 0 Å². The van der Waals surface area contributed by atoms with Gasteiger partial charge in [0.05, 0.1) is 11.7 Å². The number of hydrogen-bond acceptors (Lipinski definition) is 2. The summed E-state index contributed by atoms with van der Waals surface area (Å²) in [6, 6.07) is 0. The lowest BCUT2D eigenvalue weighted by atomic mass is 9.71. The maximum atomic E-state index is 12.6. The van der Waals surface area contributed by atoms with Gasteiger partial charge in [0.2, 0.25) is 0 Å². The van der Waals surface area contributed by atoms with E-state index in [1.165, 1.54) is 11.1 Å². The lowest BCUT2D eigenvalue weighted by Gasteiger charge is -2.31. The molecule has 22 heavy (non-hydrogen) atoms. The van der Waals surface area contributed by atoms with Crippen LogP contribution in [0.5, 0.6) is 0 Å². The van der Waals surface area contributed by atoms with Crippen molar-refractivity contribution in [2.75, 3.05) is 0 Å². The van der Waals surface area contributed by atoms with Crippen molar-refractivity contribution in [3.63, 3.8) is 0 Å². The minimum Gasteiger partial charge on any atom is -0.366 e. The third kappa shape index (κ3) is 2.71. The first kappa shape index (κ1) is 16.0. The minimum atomic E-state index is 0.0471. The molecular formula is C20H30O2. The van der Waals surface area contributed by atoms with Gasteiger partial charge in [-0.15, -0.1) is 0 Å². The zero-order valence-corrected chi connectivity index (χ0v) is 14.8. The molecule has 0 radical (unpaired) electrons. The Balaban J connectivity index is 1.95. The van der Waals surface area contributed by atoms with Crippen LogP contribution in [0.4, 0.5) is 0 Å². The van der Waals surface area contributed by atoms with Gasteiger partial charge in [-0.25, -0.2) is 0 Å². The highest BCUT2D eigenvalue weighted by molar-refractivity contribution is 5.99. The molecule has 1 heterocycles. The van der Waals surface area contributed by atoms with Crippen molar-refractivity contribution in [1.82, 2.24) is 0 Å². The van der Waals surface area contributed by atoms with E-state index >= 15 is 0 Å². The van der Waals surface area contributed by atoms with Crippen LogP contribution in [0, 0.1) is 11.3 Å². The van der Waals surface area contributed by atoms with Gasteiger partial charge < -0.3 is 4.74 Å². The van der Waals surface area contributed by atoms with E-state index in [1.54, 1.807) is 0 Å². The molecule has 3 rings (SSSR count). The molecule has 2 heteroatoms. The molecule has 3 aliphatic rings. The van der Waals surface area contributed by atoms with Gasteiger partial charge in [-0.1, -0.05) is 24.1 Å². The summed E-state index contributed by atoms with van der Waals surface area (Å²) in [4.78, 5) is 12.6. The van der Waals surface area contributed by atoms with Crippen LogP contribution >= 0.6 is 0 Å². The van der Waals surface area contributed by atoms with Gasteiger partial charge >= 0.3 is 0 Å². The summed E-state index contributed by atoms with van der Waals surface area (Å²) >= 11 is 0. The number of allylic oxidation sites excluding steroid dienone is 4. The van der Waals surface area contributed by atoms with E-state index in [4.69, 9.17) is 4.74 Å². The Hall–Kier alpha value is -0.890. The number of ketones is 1. The summed E-state index contributed by atoms with van der Waals surface area (Å²) in [7, 11) is 0. The van der Waals surface area contributed by atoms with Gasteiger partial charge in [-0.3, -0.25) is 4.79 Å². The first-order chi connectivity index (χ1) is 10.3. The maximum absolute atomic E-state index is 12.6. The van der Waals surface area contributed by atoms with E-state index in [9.17, 15) is 4.79 Å². The molecule has 1 saturated heterocycles. The number of Topliss-reactive ketones (excluding diaryl/α,β-unsaturated/α-hetero) is 1. The quantitative estimate of drug-likeness (QED) is 0.358. The summed E-state index contributed by atoms with van der Waals surface area (Å²) in [5.74, 6) is 0.786. The largest absolute Gasteiger partial charge is 0.366 e. The average molecular weight is 302 g/mol. The fraction of sp³-hybridized carbons (Fsp3) is 0.750. The van der Waals surface area contributed by atoms with E-state index in [1.807, 2.05) is 0 Å². The molecule has 2 nitrogen and oxygen atoms in total. The first-order valence-corrected chi connectivity index (χ1v) is 8.79. The third-order valence-electron chi connectivity index (χ3n) is 6.24. The van der Waals surface area contributed by atoms with Crippen molar-refractivity contribution < 1.29 is 9.53 Å². The SMILES string of the molecule is CC(C)=C1C(=O)C[C@@]2(C)C[C@@H]3OC3(C)CC/C=C(/C)CCC12. The number of ether oxygens (including phenoxy) is 1. The lowest BCUT2D eigenvalue weighted by molar-refractivity contribution is -0.115. The van der Waals surface area contributed by atoms with Crippen LogP contribution in [-0.4, -0.2) is 17.5 Å². The number of fused-ring (bicyclic) bond motifs is 2. The van der Waals surface area contributed by atoms with Crippen LogP contribution in [0.25, 0.3) is 0 Å². The van der Waals surface area contributed by atoms with Crippen molar-refractivity contribution in [2.45, 2.75) is 84.8 Å². The average Bonchev–Trinajstić information content (AvgIpc) is 2.92. The highest BCUT2D eigenvalue weighted by Crippen LogP contribution is 2.56. The molecule has 0 amide bonds. The lowest BCUT2D eigenvalue weighted by Crippen LogP contribution is -2.26. The van der Waals surface area contributed by atoms with Crippen LogP contribution < -0.4 is 0 Å². The fourth-order valence-electron chi connectivity index (χ4n) is 4.73. The van der Waals surface area contributed by atoms with E-state index in [2.05, 4.69) is 40.7 Å². The van der Waals surface area contributed by atoms with Crippen molar-refractivity contribution in [2.24, 2.45) is 11.3 Å². The Kier molecular flexibility index (Phi) is 3.87. The van der Waals surface area contributed by atoms with Crippen molar-refractivity contribution in [3.05, 3.63) is 22.8 Å². The molecule has 2 unspecified atom stereocenters. The van der Waals surface area contributed by atoms with E-state index < -0.39 is 0 Å². The molecule has 1 saturated carbocycles. The Morgan fingerprint density at radius 2 is 2.05 bits per heavy atom. The summed E-state index contributed by atoms with van der Waals surface area (Å²) < 4.78 is 6.06. The van der Waals surface area contributed by atoms with Gasteiger partial charge in [0.25, 0.3) is 0 Å². The Morgan fingerprint density at radius 1 is 1.32 bits per heavy atom. The normalized spacial score (nSPS) is 44.5. The molecule has 0 bridgehead atoms. The second kappa shape index (κ2) is 5.33. The topological polar surface area (TPSA) is 29.6 Å². The zero-order valence-electron chi connectivity index (χ0n) is 14.8. The molecule has 4 atom stereocenters.